The number of alkyl halides is 3. The van der Waals surface area contributed by atoms with Gasteiger partial charge >= 0.3 is 12.1 Å². The van der Waals surface area contributed by atoms with Crippen LogP contribution < -0.4 is 5.32 Å². The van der Waals surface area contributed by atoms with Gasteiger partial charge in [-0.25, -0.2) is 0 Å². The first-order valence-electron chi connectivity index (χ1n) is 8.48. The van der Waals surface area contributed by atoms with E-state index in [1.165, 1.54) is 30.6 Å². The van der Waals surface area contributed by atoms with Gasteiger partial charge < -0.3 is 29.0 Å². The van der Waals surface area contributed by atoms with Crippen molar-refractivity contribution < 1.29 is 41.7 Å². The van der Waals surface area contributed by atoms with E-state index < -0.39 is 36.4 Å². The van der Waals surface area contributed by atoms with Gasteiger partial charge in [0.1, 0.15) is 38.0 Å². The highest BCUT2D eigenvalue weighted by Gasteiger charge is 2.52. The molecule has 0 aromatic carbocycles. The summed E-state index contributed by atoms with van der Waals surface area (Å²) in [4.78, 5) is 11.6. The van der Waals surface area contributed by atoms with E-state index in [1.807, 2.05) is 0 Å². The van der Waals surface area contributed by atoms with E-state index in [2.05, 4.69) is 5.32 Å². The SMILES string of the molecule is COCO[C@H](C1CO1)[C@H]1OCO[C@@H]1[C@@H](NC(=O)C(F)(F)F)C1SCCCS1. The third-order valence-corrected chi connectivity index (χ3v) is 7.44. The van der Waals surface area contributed by atoms with Gasteiger partial charge in [-0.3, -0.25) is 4.79 Å². The Kier molecular flexibility index (Phi) is 7.56. The van der Waals surface area contributed by atoms with Gasteiger partial charge in [-0.15, -0.1) is 23.5 Å². The van der Waals surface area contributed by atoms with Crippen LogP contribution in [-0.2, 0) is 28.5 Å². The lowest BCUT2D eigenvalue weighted by atomic mass is 9.99. The molecule has 0 saturated carbocycles. The molecule has 3 heterocycles. The minimum absolute atomic E-state index is 0.0103. The lowest BCUT2D eigenvalue weighted by Crippen LogP contribution is -2.58. The van der Waals surface area contributed by atoms with Crippen LogP contribution in [-0.4, -0.2) is 85.9 Å². The molecule has 1 amide bonds. The summed E-state index contributed by atoms with van der Waals surface area (Å²) in [6.45, 7) is 0.367. The van der Waals surface area contributed by atoms with Crippen LogP contribution in [0.25, 0.3) is 0 Å². The van der Waals surface area contributed by atoms with E-state index in [0.29, 0.717) is 6.61 Å². The minimum atomic E-state index is -4.97. The number of epoxide rings is 1. The fourth-order valence-electron chi connectivity index (χ4n) is 3.03. The van der Waals surface area contributed by atoms with E-state index in [1.54, 1.807) is 0 Å². The van der Waals surface area contributed by atoms with Crippen LogP contribution in [0.3, 0.4) is 0 Å². The molecule has 0 aliphatic carbocycles. The molecular weight excluding hydrogens is 411 g/mol. The third-order valence-electron chi connectivity index (χ3n) is 4.33. The summed E-state index contributed by atoms with van der Waals surface area (Å²) in [6.07, 6.45) is -6.25. The highest BCUT2D eigenvalue weighted by molar-refractivity contribution is 8.17. The minimum Gasteiger partial charge on any atom is -0.370 e. The van der Waals surface area contributed by atoms with Gasteiger partial charge in [-0.05, 0) is 17.9 Å². The normalized spacial score (nSPS) is 31.5. The number of methoxy groups -OCH3 is 1. The van der Waals surface area contributed by atoms with E-state index in [-0.39, 0.29) is 24.3 Å². The molecular formula is C15H22F3NO6S2. The Labute approximate surface area is 163 Å². The quantitative estimate of drug-likeness (QED) is 0.454. The summed E-state index contributed by atoms with van der Waals surface area (Å²) < 4.78 is 65.4. The van der Waals surface area contributed by atoms with Gasteiger partial charge in [0.15, 0.2) is 0 Å². The van der Waals surface area contributed by atoms with Crippen molar-refractivity contribution in [1.82, 2.24) is 5.32 Å². The lowest BCUT2D eigenvalue weighted by molar-refractivity contribution is -0.175. The monoisotopic (exact) mass is 433 g/mol. The van der Waals surface area contributed by atoms with Crippen molar-refractivity contribution in [2.24, 2.45) is 0 Å². The van der Waals surface area contributed by atoms with E-state index in [4.69, 9.17) is 23.7 Å². The Hall–Kier alpha value is -0.240. The lowest BCUT2D eigenvalue weighted by Gasteiger charge is -2.36. The molecule has 0 spiro atoms. The Balaban J connectivity index is 1.77. The number of rotatable bonds is 8. The molecule has 27 heavy (non-hydrogen) atoms. The number of carbonyl (C=O) groups excluding carboxylic acids is 1. The third kappa shape index (κ3) is 5.64. The standard InChI is InChI=1S/C15H22F3NO6S2/c1-21-6-23-10(8-5-22-8)12-11(24-7-25-12)9(13-26-3-2-4-27-13)19-14(20)15(16,17)18/h8-13H,2-7H2,1H3,(H,19,20)/t8?,9-,10-,11-,12-/m1/s1. The Morgan fingerprint density at radius 1 is 1.22 bits per heavy atom. The average molecular weight is 433 g/mol. The highest BCUT2D eigenvalue weighted by Crippen LogP contribution is 2.38. The van der Waals surface area contributed by atoms with Crippen LogP contribution in [0.4, 0.5) is 13.2 Å². The zero-order valence-electron chi connectivity index (χ0n) is 14.6. The van der Waals surface area contributed by atoms with Crippen LogP contribution >= 0.6 is 23.5 Å². The summed E-state index contributed by atoms with van der Waals surface area (Å²) in [5.41, 5.74) is 0. The Bertz CT molecular complexity index is 504. The van der Waals surface area contributed by atoms with Crippen molar-refractivity contribution in [3.05, 3.63) is 0 Å². The van der Waals surface area contributed by atoms with Gasteiger partial charge in [0.05, 0.1) is 17.2 Å². The van der Waals surface area contributed by atoms with Crippen LogP contribution in [0.2, 0.25) is 0 Å². The van der Waals surface area contributed by atoms with Crippen molar-refractivity contribution in [2.45, 2.75) is 47.6 Å². The molecule has 3 rings (SSSR count). The number of halogens is 3. The number of ether oxygens (including phenoxy) is 5. The second-order valence-corrected chi connectivity index (χ2v) is 9.05. The molecule has 1 N–H and O–H groups in total. The van der Waals surface area contributed by atoms with Gasteiger partial charge in [0.25, 0.3) is 0 Å². The second-order valence-electron chi connectivity index (χ2n) is 6.25. The van der Waals surface area contributed by atoms with Crippen molar-refractivity contribution in [2.75, 3.05) is 38.8 Å². The van der Waals surface area contributed by atoms with E-state index in [9.17, 15) is 18.0 Å². The van der Waals surface area contributed by atoms with Crippen molar-refractivity contribution in [3.8, 4) is 0 Å². The van der Waals surface area contributed by atoms with Gasteiger partial charge in [0.2, 0.25) is 0 Å². The van der Waals surface area contributed by atoms with Crippen molar-refractivity contribution in [3.63, 3.8) is 0 Å². The zero-order chi connectivity index (χ0) is 19.4. The molecule has 0 aromatic heterocycles. The molecule has 0 radical (unpaired) electrons. The number of amides is 1. The Morgan fingerprint density at radius 3 is 2.48 bits per heavy atom. The van der Waals surface area contributed by atoms with Crippen LogP contribution in [0.15, 0.2) is 0 Å². The predicted octanol–water partition coefficient (Wildman–Crippen LogP) is 1.36. The zero-order valence-corrected chi connectivity index (χ0v) is 16.2. The van der Waals surface area contributed by atoms with Gasteiger partial charge in [-0.1, -0.05) is 0 Å². The highest BCUT2D eigenvalue weighted by atomic mass is 32.2. The fourth-order valence-corrected chi connectivity index (χ4v) is 6.13. The number of thioether (sulfide) groups is 2. The maximum Gasteiger partial charge on any atom is 0.471 e. The predicted molar refractivity (Wildman–Crippen MR) is 92.4 cm³/mol. The van der Waals surface area contributed by atoms with Gasteiger partial charge in [0, 0.05) is 7.11 Å². The molecule has 5 atom stereocenters. The van der Waals surface area contributed by atoms with Crippen LogP contribution in [0.5, 0.6) is 0 Å². The first kappa shape index (κ1) is 21.5. The number of hydrogen-bond donors (Lipinski definition) is 1. The Morgan fingerprint density at radius 2 is 1.89 bits per heavy atom. The summed E-state index contributed by atoms with van der Waals surface area (Å²) >= 11 is 3.03. The number of nitrogens with one attached hydrogen (secondary N) is 1. The summed E-state index contributed by atoms with van der Waals surface area (Å²) in [6, 6.07) is -0.880. The first-order valence-corrected chi connectivity index (χ1v) is 10.6. The average Bonchev–Trinajstić information content (AvgIpc) is 3.37. The van der Waals surface area contributed by atoms with Gasteiger partial charge in [-0.2, -0.15) is 13.2 Å². The summed E-state index contributed by atoms with van der Waals surface area (Å²) in [7, 11) is 1.47. The van der Waals surface area contributed by atoms with Crippen LogP contribution in [0.1, 0.15) is 6.42 Å². The maximum atomic E-state index is 12.9. The molecule has 12 heteroatoms. The summed E-state index contributed by atoms with van der Waals surface area (Å²) in [5, 5.41) is 2.13. The summed E-state index contributed by atoms with van der Waals surface area (Å²) in [5.74, 6) is -0.363. The molecule has 1 unspecified atom stereocenters. The second kappa shape index (κ2) is 9.51. The largest absolute Gasteiger partial charge is 0.471 e. The fraction of sp³-hybridized carbons (Fsp3) is 0.933. The molecule has 3 aliphatic rings. The first-order chi connectivity index (χ1) is 12.9. The molecule has 7 nitrogen and oxygen atoms in total. The molecule has 3 fully saturated rings. The number of hydrogen-bond acceptors (Lipinski definition) is 8. The van der Waals surface area contributed by atoms with E-state index >= 15 is 0 Å². The molecule has 0 bridgehead atoms. The van der Waals surface area contributed by atoms with Crippen molar-refractivity contribution in [1.29, 1.82) is 0 Å². The molecule has 3 aliphatic heterocycles. The van der Waals surface area contributed by atoms with Crippen LogP contribution in [0, 0.1) is 0 Å². The topological polar surface area (TPSA) is 78.6 Å². The van der Waals surface area contributed by atoms with E-state index in [0.717, 1.165) is 17.9 Å². The maximum absolute atomic E-state index is 12.9. The molecule has 3 saturated heterocycles. The smallest absolute Gasteiger partial charge is 0.370 e. The van der Waals surface area contributed by atoms with Crippen molar-refractivity contribution >= 4 is 29.4 Å². The molecule has 0 aromatic rings. The molecule has 156 valence electrons. The number of carbonyl (C=O) groups is 1.